The van der Waals surface area contributed by atoms with E-state index in [4.69, 9.17) is 4.74 Å². The van der Waals surface area contributed by atoms with Gasteiger partial charge in [-0.15, -0.1) is 0 Å². The SMILES string of the molecule is CCCCCCCCCCCCc1ccc(-c2ccc(OC(=O)CCCCC(C)CC)cc2)nc1. The normalized spacial score (nSPS) is 12.0. The molecule has 2 aromatic rings. The zero-order valence-corrected chi connectivity index (χ0v) is 22.7. The van der Waals surface area contributed by atoms with Gasteiger partial charge in [-0.2, -0.15) is 0 Å². The summed E-state index contributed by atoms with van der Waals surface area (Å²) in [5, 5.41) is 0. The first-order valence-corrected chi connectivity index (χ1v) is 14.4. The lowest BCUT2D eigenvalue weighted by atomic mass is 10.0. The number of hydrogen-bond acceptors (Lipinski definition) is 3. The summed E-state index contributed by atoms with van der Waals surface area (Å²) < 4.78 is 5.50. The van der Waals surface area contributed by atoms with Crippen LogP contribution in [-0.2, 0) is 11.2 Å². The van der Waals surface area contributed by atoms with Gasteiger partial charge in [0.05, 0.1) is 5.69 Å². The first kappa shape index (κ1) is 29.1. The number of hydrogen-bond donors (Lipinski definition) is 0. The van der Waals surface area contributed by atoms with Crippen LogP contribution in [0.5, 0.6) is 5.75 Å². The Balaban J connectivity index is 1.63. The van der Waals surface area contributed by atoms with Crippen molar-refractivity contribution in [3.63, 3.8) is 0 Å². The predicted octanol–water partition coefficient (Wildman–Crippen LogP) is 9.72. The van der Waals surface area contributed by atoms with Gasteiger partial charge in [-0.25, -0.2) is 0 Å². The summed E-state index contributed by atoms with van der Waals surface area (Å²) >= 11 is 0. The monoisotopic (exact) mass is 479 g/mol. The number of rotatable bonds is 19. The largest absolute Gasteiger partial charge is 0.427 e. The van der Waals surface area contributed by atoms with Crippen LogP contribution in [-0.4, -0.2) is 11.0 Å². The summed E-state index contributed by atoms with van der Waals surface area (Å²) in [6.45, 7) is 6.76. The molecule has 0 saturated heterocycles. The lowest BCUT2D eigenvalue weighted by Gasteiger charge is -2.08. The van der Waals surface area contributed by atoms with E-state index in [0.717, 1.165) is 36.4 Å². The molecular formula is C32H49NO2. The molecule has 3 nitrogen and oxygen atoms in total. The summed E-state index contributed by atoms with van der Waals surface area (Å²) in [7, 11) is 0. The minimum absolute atomic E-state index is 0.142. The van der Waals surface area contributed by atoms with Crippen LogP contribution in [0.4, 0.5) is 0 Å². The summed E-state index contributed by atoms with van der Waals surface area (Å²) in [5.41, 5.74) is 3.32. The van der Waals surface area contributed by atoms with Gasteiger partial charge in [-0.05, 0) is 61.1 Å². The average Bonchev–Trinajstić information content (AvgIpc) is 2.88. The molecule has 0 aliphatic heterocycles. The van der Waals surface area contributed by atoms with Crippen molar-refractivity contribution < 1.29 is 9.53 Å². The number of carbonyl (C=O) groups is 1. The summed E-state index contributed by atoms with van der Waals surface area (Å²) in [6, 6.07) is 12.0. The van der Waals surface area contributed by atoms with E-state index in [9.17, 15) is 4.79 Å². The maximum atomic E-state index is 12.1. The number of pyridine rings is 1. The maximum Gasteiger partial charge on any atom is 0.311 e. The van der Waals surface area contributed by atoms with Gasteiger partial charge in [0.2, 0.25) is 0 Å². The minimum Gasteiger partial charge on any atom is -0.427 e. The highest BCUT2D eigenvalue weighted by Crippen LogP contribution is 2.22. The number of aromatic nitrogens is 1. The van der Waals surface area contributed by atoms with E-state index in [2.05, 4.69) is 37.9 Å². The van der Waals surface area contributed by atoms with Gasteiger partial charge in [-0.3, -0.25) is 9.78 Å². The zero-order chi connectivity index (χ0) is 25.1. The number of unbranched alkanes of at least 4 members (excludes halogenated alkanes) is 10. The Morgan fingerprint density at radius 2 is 1.46 bits per heavy atom. The van der Waals surface area contributed by atoms with Gasteiger partial charge in [-0.1, -0.05) is 104 Å². The van der Waals surface area contributed by atoms with Crippen molar-refractivity contribution in [1.82, 2.24) is 4.98 Å². The summed E-state index contributed by atoms with van der Waals surface area (Å²) in [4.78, 5) is 16.8. The molecule has 0 radical (unpaired) electrons. The molecule has 0 spiro atoms. The van der Waals surface area contributed by atoms with Crippen LogP contribution in [0.1, 0.15) is 123 Å². The highest BCUT2D eigenvalue weighted by Gasteiger charge is 2.07. The summed E-state index contributed by atoms with van der Waals surface area (Å²) in [5.74, 6) is 1.20. The van der Waals surface area contributed by atoms with Crippen LogP contribution in [0.3, 0.4) is 0 Å². The molecule has 0 N–H and O–H groups in total. The molecule has 35 heavy (non-hydrogen) atoms. The predicted molar refractivity (Wildman–Crippen MR) is 149 cm³/mol. The van der Waals surface area contributed by atoms with Gasteiger partial charge in [0, 0.05) is 18.2 Å². The van der Waals surface area contributed by atoms with E-state index < -0.39 is 0 Å². The molecule has 1 aromatic carbocycles. The third kappa shape index (κ3) is 12.9. The van der Waals surface area contributed by atoms with Crippen molar-refractivity contribution in [1.29, 1.82) is 0 Å². The summed E-state index contributed by atoms with van der Waals surface area (Å²) in [6.07, 6.45) is 21.6. The minimum atomic E-state index is -0.142. The third-order valence-electron chi connectivity index (χ3n) is 7.05. The Labute approximate surface area is 215 Å². The van der Waals surface area contributed by atoms with Crippen molar-refractivity contribution in [2.24, 2.45) is 5.92 Å². The number of esters is 1. The molecule has 1 atom stereocenters. The molecule has 0 aliphatic carbocycles. The van der Waals surface area contributed by atoms with Crippen molar-refractivity contribution in [2.75, 3.05) is 0 Å². The zero-order valence-electron chi connectivity index (χ0n) is 22.7. The van der Waals surface area contributed by atoms with Crippen LogP contribution in [0, 0.1) is 5.92 Å². The molecule has 0 amide bonds. The average molecular weight is 480 g/mol. The lowest BCUT2D eigenvalue weighted by Crippen LogP contribution is -2.07. The van der Waals surface area contributed by atoms with Crippen LogP contribution in [0.25, 0.3) is 11.3 Å². The highest BCUT2D eigenvalue weighted by atomic mass is 16.5. The number of ether oxygens (including phenoxy) is 1. The fraction of sp³-hybridized carbons (Fsp3) is 0.625. The molecule has 0 aliphatic rings. The van der Waals surface area contributed by atoms with E-state index in [1.807, 2.05) is 30.5 Å². The third-order valence-corrected chi connectivity index (χ3v) is 7.05. The van der Waals surface area contributed by atoms with E-state index in [1.165, 1.54) is 82.6 Å². The van der Waals surface area contributed by atoms with Crippen molar-refractivity contribution in [3.05, 3.63) is 48.2 Å². The first-order valence-electron chi connectivity index (χ1n) is 14.4. The fourth-order valence-electron chi connectivity index (χ4n) is 4.40. The molecule has 0 bridgehead atoms. The molecule has 0 fully saturated rings. The van der Waals surface area contributed by atoms with E-state index in [-0.39, 0.29) is 5.97 Å². The van der Waals surface area contributed by atoms with Crippen LogP contribution in [0.2, 0.25) is 0 Å². The van der Waals surface area contributed by atoms with Gasteiger partial charge < -0.3 is 4.74 Å². The maximum absolute atomic E-state index is 12.1. The number of nitrogens with zero attached hydrogens (tertiary/aromatic N) is 1. The van der Waals surface area contributed by atoms with Crippen LogP contribution >= 0.6 is 0 Å². The van der Waals surface area contributed by atoms with Gasteiger partial charge in [0.15, 0.2) is 0 Å². The molecule has 194 valence electrons. The second-order valence-electron chi connectivity index (χ2n) is 10.2. The fourth-order valence-corrected chi connectivity index (χ4v) is 4.40. The number of carbonyl (C=O) groups excluding carboxylic acids is 1. The second-order valence-corrected chi connectivity index (χ2v) is 10.2. The Morgan fingerprint density at radius 3 is 2.06 bits per heavy atom. The smallest absolute Gasteiger partial charge is 0.311 e. The van der Waals surface area contributed by atoms with Crippen molar-refractivity contribution >= 4 is 5.97 Å². The van der Waals surface area contributed by atoms with Crippen molar-refractivity contribution in [3.8, 4) is 17.0 Å². The lowest BCUT2D eigenvalue weighted by molar-refractivity contribution is -0.134. The quantitative estimate of drug-likeness (QED) is 0.114. The molecule has 1 aromatic heterocycles. The second kappa shape index (κ2) is 18.2. The topological polar surface area (TPSA) is 39.2 Å². The molecule has 2 rings (SSSR count). The Kier molecular flexibility index (Phi) is 15.1. The molecule has 0 saturated carbocycles. The standard InChI is InChI=1S/C32H49NO2/c1-4-6-7-8-9-10-11-12-13-14-18-28-20-25-31(33-26-28)29-21-23-30(24-22-29)35-32(34)19-16-15-17-27(3)5-2/h20-27H,4-19H2,1-3H3. The van der Waals surface area contributed by atoms with Crippen LogP contribution in [0.15, 0.2) is 42.6 Å². The molecule has 1 unspecified atom stereocenters. The Hall–Kier alpha value is -2.16. The van der Waals surface area contributed by atoms with E-state index in [0.29, 0.717) is 12.2 Å². The van der Waals surface area contributed by atoms with E-state index >= 15 is 0 Å². The number of benzene rings is 1. The van der Waals surface area contributed by atoms with Gasteiger partial charge in [0.25, 0.3) is 0 Å². The van der Waals surface area contributed by atoms with Gasteiger partial charge >= 0.3 is 5.97 Å². The van der Waals surface area contributed by atoms with Gasteiger partial charge in [0.1, 0.15) is 5.75 Å². The Bertz CT molecular complexity index is 797. The molecular weight excluding hydrogens is 430 g/mol. The first-order chi connectivity index (χ1) is 17.1. The van der Waals surface area contributed by atoms with E-state index in [1.54, 1.807) is 0 Å². The van der Waals surface area contributed by atoms with Crippen molar-refractivity contribution in [2.45, 2.75) is 124 Å². The van der Waals surface area contributed by atoms with Crippen LogP contribution < -0.4 is 4.74 Å². The number of aryl methyl sites for hydroxylation is 1. The Morgan fingerprint density at radius 1 is 0.800 bits per heavy atom. The molecule has 3 heteroatoms. The molecule has 1 heterocycles. The highest BCUT2D eigenvalue weighted by molar-refractivity contribution is 5.72.